The molecule has 5 nitrogen and oxygen atoms in total. The van der Waals surface area contributed by atoms with Gasteiger partial charge in [0.15, 0.2) is 6.29 Å². The molecule has 0 aromatic carbocycles. The van der Waals surface area contributed by atoms with Crippen molar-refractivity contribution in [3.05, 3.63) is 53.7 Å². The SMILES string of the molecule is C#CCC.C/C=C/N(C)C=Nc1c(C=O)sc2nccc(NC)c12.C=CC(=C)Cl.CC. The summed E-state index contributed by atoms with van der Waals surface area (Å²) in [6, 6.07) is 1.87. The van der Waals surface area contributed by atoms with Gasteiger partial charge in [-0.25, -0.2) is 9.98 Å². The lowest BCUT2D eigenvalue weighted by Crippen LogP contribution is -2.06. The maximum atomic E-state index is 11.2. The summed E-state index contributed by atoms with van der Waals surface area (Å²) in [6.07, 6.45) is 15.1. The number of nitrogens with one attached hydrogen (secondary N) is 1. The third-order valence-electron chi connectivity index (χ3n) is 3.15. The van der Waals surface area contributed by atoms with Crippen LogP contribution in [0.2, 0.25) is 0 Å². The molecule has 2 aromatic heterocycles. The van der Waals surface area contributed by atoms with Crippen LogP contribution in [0, 0.1) is 12.3 Å². The smallest absolute Gasteiger partial charge is 0.162 e. The molecule has 0 radical (unpaired) electrons. The van der Waals surface area contributed by atoms with Crippen LogP contribution in [-0.2, 0) is 0 Å². The lowest BCUT2D eigenvalue weighted by molar-refractivity contribution is 0.112. The molecule has 168 valence electrons. The molecule has 0 atom stereocenters. The average molecular weight is 461 g/mol. The molecule has 1 N–H and O–H groups in total. The highest BCUT2D eigenvalue weighted by molar-refractivity contribution is 7.21. The van der Waals surface area contributed by atoms with Gasteiger partial charge in [0.2, 0.25) is 0 Å². The summed E-state index contributed by atoms with van der Waals surface area (Å²) >= 11 is 6.50. The van der Waals surface area contributed by atoms with E-state index in [1.165, 1.54) is 17.4 Å². The quantitative estimate of drug-likeness (QED) is 0.162. The number of nitrogens with zero attached hydrogens (tertiary/aromatic N) is 3. The number of pyridine rings is 1. The standard InChI is InChI=1S/C14H16N4OS.C4H5Cl.C4H6.C2H6/c1-4-7-18(3)9-17-13-11(8-19)20-14-12(13)10(15-2)5-6-16-14;1-3-4(2)5;1-3-4-2;1-2/h4-9H,1-3H3,(H,15,16);3H,1-2H2;1H,4H2,2H3;1-2H3/b7-4+,17-9?;;;. The Hall–Kier alpha value is -2.88. The molecule has 0 saturated carbocycles. The molecule has 31 heavy (non-hydrogen) atoms. The molecule has 2 rings (SSSR count). The molecule has 0 aliphatic rings. The summed E-state index contributed by atoms with van der Waals surface area (Å²) in [6.45, 7) is 14.5. The first-order chi connectivity index (χ1) is 14.9. The first-order valence-corrected chi connectivity index (χ1v) is 10.9. The summed E-state index contributed by atoms with van der Waals surface area (Å²) in [7, 11) is 3.72. The summed E-state index contributed by atoms with van der Waals surface area (Å²) < 4.78 is 0. The molecule has 0 aliphatic heterocycles. The second-order valence-electron chi connectivity index (χ2n) is 5.32. The number of anilines is 1. The van der Waals surface area contributed by atoms with Crippen LogP contribution in [0.4, 0.5) is 11.4 Å². The third kappa shape index (κ3) is 11.8. The third-order valence-corrected chi connectivity index (χ3v) is 4.31. The number of fused-ring (bicyclic) bond motifs is 1. The maximum Gasteiger partial charge on any atom is 0.162 e. The van der Waals surface area contributed by atoms with Gasteiger partial charge in [-0.2, -0.15) is 0 Å². The van der Waals surface area contributed by atoms with Crippen LogP contribution in [-0.4, -0.2) is 36.6 Å². The van der Waals surface area contributed by atoms with E-state index in [1.807, 2.05) is 65.0 Å². The van der Waals surface area contributed by atoms with Crippen molar-refractivity contribution >= 4 is 57.2 Å². The van der Waals surface area contributed by atoms with E-state index < -0.39 is 0 Å². The number of carbonyl (C=O) groups is 1. The van der Waals surface area contributed by atoms with Gasteiger partial charge in [0.05, 0.1) is 22.3 Å². The van der Waals surface area contributed by atoms with Gasteiger partial charge in [-0.05, 0) is 13.0 Å². The monoisotopic (exact) mass is 460 g/mol. The summed E-state index contributed by atoms with van der Waals surface area (Å²) in [5.74, 6) is 2.43. The fraction of sp³-hybridized carbons (Fsp3) is 0.292. The van der Waals surface area contributed by atoms with Gasteiger partial charge in [0.1, 0.15) is 4.83 Å². The minimum Gasteiger partial charge on any atom is -0.387 e. The molecule has 0 fully saturated rings. The van der Waals surface area contributed by atoms with E-state index in [4.69, 9.17) is 18.0 Å². The largest absolute Gasteiger partial charge is 0.387 e. The van der Waals surface area contributed by atoms with Crippen LogP contribution < -0.4 is 5.32 Å². The van der Waals surface area contributed by atoms with Crippen molar-refractivity contribution in [2.24, 2.45) is 4.99 Å². The van der Waals surface area contributed by atoms with Gasteiger partial charge in [-0.3, -0.25) is 4.79 Å². The number of aliphatic imine (C=N–C) groups is 1. The number of rotatable bonds is 6. The normalized spacial score (nSPS) is 9.35. The molecular formula is C24H33ClN4OS. The molecule has 0 aliphatic carbocycles. The topological polar surface area (TPSA) is 57.6 Å². The van der Waals surface area contributed by atoms with Gasteiger partial charge in [-0.1, -0.05) is 57.7 Å². The zero-order valence-corrected chi connectivity index (χ0v) is 20.8. The Labute approximate surface area is 196 Å². The number of carbonyl (C=O) groups excluding carboxylic acids is 1. The van der Waals surface area contributed by atoms with Crippen molar-refractivity contribution in [2.75, 3.05) is 19.4 Å². The van der Waals surface area contributed by atoms with Gasteiger partial charge in [0, 0.05) is 43.6 Å². The summed E-state index contributed by atoms with van der Waals surface area (Å²) in [5, 5.41) is 4.48. The average Bonchev–Trinajstić information content (AvgIpc) is 3.17. The fourth-order valence-corrected chi connectivity index (χ4v) is 2.79. The lowest BCUT2D eigenvalue weighted by atomic mass is 10.2. The van der Waals surface area contributed by atoms with Crippen molar-refractivity contribution in [3.63, 3.8) is 0 Å². The number of hydrogen-bond donors (Lipinski definition) is 1. The number of halogens is 1. The van der Waals surface area contributed by atoms with Crippen LogP contribution >= 0.6 is 22.9 Å². The Bertz CT molecular complexity index is 910. The van der Waals surface area contributed by atoms with Crippen molar-refractivity contribution in [1.29, 1.82) is 0 Å². The minimum absolute atomic E-state index is 0.491. The van der Waals surface area contributed by atoms with Crippen molar-refractivity contribution in [3.8, 4) is 12.3 Å². The molecule has 0 amide bonds. The number of terminal acetylenes is 1. The molecular weight excluding hydrogens is 428 g/mol. The van der Waals surface area contributed by atoms with Crippen LogP contribution in [0.5, 0.6) is 0 Å². The van der Waals surface area contributed by atoms with Crippen molar-refractivity contribution in [2.45, 2.75) is 34.1 Å². The first-order valence-electron chi connectivity index (χ1n) is 9.73. The fourth-order valence-electron chi connectivity index (χ4n) is 1.86. The Morgan fingerprint density at radius 3 is 2.48 bits per heavy atom. The number of hydrogen-bond acceptors (Lipinski definition) is 5. The van der Waals surface area contributed by atoms with Crippen LogP contribution in [0.25, 0.3) is 10.2 Å². The maximum absolute atomic E-state index is 11.2. The number of aldehydes is 1. The molecule has 2 heterocycles. The van der Waals surface area contributed by atoms with Crippen LogP contribution in [0.15, 0.2) is 53.8 Å². The van der Waals surface area contributed by atoms with E-state index in [-0.39, 0.29) is 0 Å². The van der Waals surface area contributed by atoms with Gasteiger partial charge >= 0.3 is 0 Å². The number of allylic oxidation sites excluding steroid dienone is 3. The predicted molar refractivity (Wildman–Crippen MR) is 141 cm³/mol. The second-order valence-corrected chi connectivity index (χ2v) is 6.84. The summed E-state index contributed by atoms with van der Waals surface area (Å²) in [4.78, 5) is 23.2. The van der Waals surface area contributed by atoms with Gasteiger partial charge in [0.25, 0.3) is 0 Å². The van der Waals surface area contributed by atoms with E-state index in [1.54, 1.807) is 12.5 Å². The molecule has 2 aromatic rings. The first kappa shape index (κ1) is 30.3. The predicted octanol–water partition coefficient (Wildman–Crippen LogP) is 7.26. The highest BCUT2D eigenvalue weighted by atomic mass is 35.5. The van der Waals surface area contributed by atoms with Gasteiger partial charge in [-0.15, -0.1) is 23.7 Å². The van der Waals surface area contributed by atoms with E-state index in [0.717, 1.165) is 28.6 Å². The minimum atomic E-state index is 0.491. The Kier molecular flexibility index (Phi) is 18.7. The zero-order valence-electron chi connectivity index (χ0n) is 19.3. The molecule has 0 spiro atoms. The number of aromatic nitrogens is 1. The molecule has 0 unspecified atom stereocenters. The van der Waals surface area contributed by atoms with E-state index >= 15 is 0 Å². The van der Waals surface area contributed by atoms with Crippen LogP contribution in [0.1, 0.15) is 43.8 Å². The summed E-state index contributed by atoms with van der Waals surface area (Å²) in [5.41, 5.74) is 1.58. The highest BCUT2D eigenvalue weighted by Crippen LogP contribution is 2.39. The molecule has 0 saturated heterocycles. The second kappa shape index (κ2) is 19.1. The van der Waals surface area contributed by atoms with Crippen molar-refractivity contribution in [1.82, 2.24) is 9.88 Å². The lowest BCUT2D eigenvalue weighted by Gasteiger charge is -2.06. The van der Waals surface area contributed by atoms with Crippen LogP contribution in [0.3, 0.4) is 0 Å². The molecule has 0 bridgehead atoms. The Morgan fingerprint density at radius 1 is 1.48 bits per heavy atom. The zero-order chi connectivity index (χ0) is 24.2. The van der Waals surface area contributed by atoms with Gasteiger partial charge < -0.3 is 10.2 Å². The van der Waals surface area contributed by atoms with E-state index in [0.29, 0.717) is 15.6 Å². The van der Waals surface area contributed by atoms with E-state index in [9.17, 15) is 4.79 Å². The van der Waals surface area contributed by atoms with Crippen molar-refractivity contribution < 1.29 is 4.79 Å². The molecule has 7 heteroatoms. The number of thiophene rings is 1. The highest BCUT2D eigenvalue weighted by Gasteiger charge is 2.14. The Morgan fingerprint density at radius 2 is 2.06 bits per heavy atom. The van der Waals surface area contributed by atoms with E-state index in [2.05, 4.69) is 34.4 Å². The Balaban J connectivity index is 0.